The van der Waals surface area contributed by atoms with Crippen LogP contribution in [0.4, 0.5) is 5.13 Å². The first-order valence-corrected chi connectivity index (χ1v) is 8.72. The van der Waals surface area contributed by atoms with Crippen LogP contribution in [0.1, 0.15) is 21.8 Å². The summed E-state index contributed by atoms with van der Waals surface area (Å²) >= 11 is 1.06. The molecule has 1 aliphatic heterocycles. The Morgan fingerprint density at radius 2 is 2.00 bits per heavy atom. The molecule has 2 aromatic rings. The third-order valence-corrected chi connectivity index (χ3v) is 5.55. The van der Waals surface area contributed by atoms with Crippen LogP contribution < -0.4 is 10.0 Å². The molecule has 21 heavy (non-hydrogen) atoms. The summed E-state index contributed by atoms with van der Waals surface area (Å²) in [5.74, 6) is -0.190. The molecule has 110 valence electrons. The monoisotopic (exact) mass is 323 g/mol. The Morgan fingerprint density at radius 3 is 2.76 bits per heavy atom. The highest BCUT2D eigenvalue weighted by Crippen LogP contribution is 2.27. The number of nitrogens with one attached hydrogen (secondary N) is 2. The second-order valence-electron chi connectivity index (χ2n) is 4.57. The highest BCUT2D eigenvalue weighted by molar-refractivity contribution is 7.93. The molecule has 3 rings (SSSR count). The molecule has 0 unspecified atom stereocenters. The molecule has 0 saturated carbocycles. The molecule has 0 fully saturated rings. The lowest BCUT2D eigenvalue weighted by atomic mass is 10.2. The summed E-state index contributed by atoms with van der Waals surface area (Å²) in [6.07, 6.45) is 1.46. The summed E-state index contributed by atoms with van der Waals surface area (Å²) < 4.78 is 26.9. The standard InChI is InChI=1S/C13H13N3O3S2/c17-12-11-10(7-4-8-14-12)15-13(20-11)16-21(18,19)9-5-2-1-3-6-9/h1-3,5-6H,4,7-8H2,(H,14,17)(H,15,16). The molecule has 0 radical (unpaired) electrons. The van der Waals surface area contributed by atoms with E-state index in [2.05, 4.69) is 15.0 Å². The number of aromatic nitrogens is 1. The van der Waals surface area contributed by atoms with Crippen LogP contribution in [-0.4, -0.2) is 25.9 Å². The van der Waals surface area contributed by atoms with Crippen molar-refractivity contribution in [1.82, 2.24) is 10.3 Å². The van der Waals surface area contributed by atoms with E-state index >= 15 is 0 Å². The van der Waals surface area contributed by atoms with Gasteiger partial charge in [0.2, 0.25) is 0 Å². The molecule has 1 aliphatic rings. The van der Waals surface area contributed by atoms with Crippen molar-refractivity contribution < 1.29 is 13.2 Å². The number of carbonyl (C=O) groups is 1. The van der Waals surface area contributed by atoms with Gasteiger partial charge in [-0.15, -0.1) is 0 Å². The van der Waals surface area contributed by atoms with Crippen molar-refractivity contribution in [3.05, 3.63) is 40.9 Å². The molecule has 0 saturated heterocycles. The molecule has 2 heterocycles. The summed E-state index contributed by atoms with van der Waals surface area (Å²) in [4.78, 5) is 16.7. The minimum absolute atomic E-state index is 0.167. The number of thiazole rings is 1. The van der Waals surface area contributed by atoms with E-state index in [0.717, 1.165) is 17.8 Å². The average molecular weight is 323 g/mol. The van der Waals surface area contributed by atoms with Crippen molar-refractivity contribution in [2.24, 2.45) is 0 Å². The van der Waals surface area contributed by atoms with Gasteiger partial charge in [-0.1, -0.05) is 29.5 Å². The van der Waals surface area contributed by atoms with Gasteiger partial charge in [0, 0.05) is 6.54 Å². The predicted molar refractivity (Wildman–Crippen MR) is 80.0 cm³/mol. The van der Waals surface area contributed by atoms with Crippen molar-refractivity contribution in [1.29, 1.82) is 0 Å². The van der Waals surface area contributed by atoms with Crippen LogP contribution in [0.3, 0.4) is 0 Å². The Bertz CT molecular complexity index is 769. The third-order valence-electron chi connectivity index (χ3n) is 3.05. The first kappa shape index (κ1) is 14.0. The fourth-order valence-corrected chi connectivity index (χ4v) is 4.24. The van der Waals surface area contributed by atoms with Gasteiger partial charge in [-0.05, 0) is 25.0 Å². The number of rotatable bonds is 3. The van der Waals surface area contributed by atoms with Gasteiger partial charge in [0.1, 0.15) is 4.88 Å². The minimum atomic E-state index is -3.67. The first-order valence-electron chi connectivity index (χ1n) is 6.42. The zero-order chi connectivity index (χ0) is 14.9. The number of carbonyl (C=O) groups excluding carboxylic acids is 1. The lowest BCUT2D eigenvalue weighted by molar-refractivity contribution is 0.0960. The van der Waals surface area contributed by atoms with Gasteiger partial charge < -0.3 is 5.32 Å². The van der Waals surface area contributed by atoms with Gasteiger partial charge in [0.05, 0.1) is 10.6 Å². The van der Waals surface area contributed by atoms with Crippen LogP contribution in [0.25, 0.3) is 0 Å². The molecule has 1 aromatic heterocycles. The van der Waals surface area contributed by atoms with Gasteiger partial charge in [-0.25, -0.2) is 13.4 Å². The number of fused-ring (bicyclic) bond motifs is 1. The van der Waals surface area contributed by atoms with Gasteiger partial charge in [0.25, 0.3) is 15.9 Å². The molecule has 6 nitrogen and oxygen atoms in total. The molecule has 2 N–H and O–H groups in total. The Morgan fingerprint density at radius 1 is 1.24 bits per heavy atom. The number of benzene rings is 1. The van der Waals surface area contributed by atoms with Crippen molar-refractivity contribution in [2.45, 2.75) is 17.7 Å². The van der Waals surface area contributed by atoms with Crippen molar-refractivity contribution >= 4 is 32.4 Å². The Balaban J connectivity index is 1.90. The van der Waals surface area contributed by atoms with E-state index in [0.29, 0.717) is 23.5 Å². The quantitative estimate of drug-likeness (QED) is 0.898. The van der Waals surface area contributed by atoms with Gasteiger partial charge >= 0.3 is 0 Å². The highest BCUT2D eigenvalue weighted by Gasteiger charge is 2.23. The van der Waals surface area contributed by atoms with Gasteiger partial charge in [-0.3, -0.25) is 9.52 Å². The van der Waals surface area contributed by atoms with Gasteiger partial charge in [-0.2, -0.15) is 0 Å². The number of hydrogen-bond acceptors (Lipinski definition) is 5. The maximum absolute atomic E-state index is 12.2. The number of anilines is 1. The van der Waals surface area contributed by atoms with Gasteiger partial charge in [0.15, 0.2) is 5.13 Å². The smallest absolute Gasteiger partial charge is 0.263 e. The van der Waals surface area contributed by atoms with E-state index < -0.39 is 10.0 Å². The summed E-state index contributed by atoms with van der Waals surface area (Å²) in [6, 6.07) is 8.06. The molecular formula is C13H13N3O3S2. The van der Waals surface area contributed by atoms with E-state index in [1.807, 2.05) is 0 Å². The lowest BCUT2D eigenvalue weighted by Crippen LogP contribution is -2.21. The summed E-state index contributed by atoms with van der Waals surface area (Å²) in [6.45, 7) is 0.618. The molecular weight excluding hydrogens is 310 g/mol. The maximum Gasteiger partial charge on any atom is 0.263 e. The normalized spacial score (nSPS) is 15.0. The third kappa shape index (κ3) is 2.91. The van der Waals surface area contributed by atoms with Crippen molar-refractivity contribution in [3.63, 3.8) is 0 Å². The van der Waals surface area contributed by atoms with E-state index in [1.54, 1.807) is 18.2 Å². The number of nitrogens with zero attached hydrogens (tertiary/aromatic N) is 1. The summed E-state index contributed by atoms with van der Waals surface area (Å²) in [7, 11) is -3.67. The Labute approximate surface area is 126 Å². The van der Waals surface area contributed by atoms with E-state index in [4.69, 9.17) is 0 Å². The minimum Gasteiger partial charge on any atom is -0.351 e. The summed E-state index contributed by atoms with van der Waals surface area (Å²) in [5.41, 5.74) is 0.653. The molecule has 0 atom stereocenters. The van der Waals surface area contributed by atoms with Crippen LogP contribution in [0, 0.1) is 0 Å². The second kappa shape index (κ2) is 5.45. The summed E-state index contributed by atoms with van der Waals surface area (Å²) in [5, 5.41) is 2.99. The largest absolute Gasteiger partial charge is 0.351 e. The first-order chi connectivity index (χ1) is 10.1. The zero-order valence-electron chi connectivity index (χ0n) is 11.0. The predicted octanol–water partition coefficient (Wildman–Crippen LogP) is 1.62. The molecule has 1 aromatic carbocycles. The topological polar surface area (TPSA) is 88.2 Å². The maximum atomic E-state index is 12.2. The Hall–Kier alpha value is -1.93. The molecule has 0 spiro atoms. The Kier molecular flexibility index (Phi) is 3.64. The molecule has 1 amide bonds. The molecule has 0 bridgehead atoms. The molecule has 0 aliphatic carbocycles. The van der Waals surface area contributed by atoms with E-state index in [1.165, 1.54) is 12.1 Å². The van der Waals surface area contributed by atoms with E-state index in [9.17, 15) is 13.2 Å². The number of aryl methyl sites for hydroxylation is 1. The molecule has 8 heteroatoms. The second-order valence-corrected chi connectivity index (χ2v) is 7.25. The zero-order valence-corrected chi connectivity index (χ0v) is 12.6. The van der Waals surface area contributed by atoms with Crippen LogP contribution in [0.5, 0.6) is 0 Å². The van der Waals surface area contributed by atoms with Crippen molar-refractivity contribution in [2.75, 3.05) is 11.3 Å². The average Bonchev–Trinajstić information content (AvgIpc) is 2.78. The fourth-order valence-electron chi connectivity index (χ4n) is 2.05. The van der Waals surface area contributed by atoms with Crippen LogP contribution in [0.2, 0.25) is 0 Å². The van der Waals surface area contributed by atoms with E-state index in [-0.39, 0.29) is 15.9 Å². The number of hydrogen-bond donors (Lipinski definition) is 2. The van der Waals surface area contributed by atoms with Crippen molar-refractivity contribution in [3.8, 4) is 0 Å². The van der Waals surface area contributed by atoms with Crippen LogP contribution in [-0.2, 0) is 16.4 Å². The fraction of sp³-hybridized carbons (Fsp3) is 0.231. The highest BCUT2D eigenvalue weighted by atomic mass is 32.2. The van der Waals surface area contributed by atoms with Crippen LogP contribution >= 0.6 is 11.3 Å². The van der Waals surface area contributed by atoms with Crippen LogP contribution in [0.15, 0.2) is 35.2 Å². The SMILES string of the molecule is O=C1NCCCc2nc(NS(=O)(=O)c3ccccc3)sc21. The number of amides is 1. The lowest BCUT2D eigenvalue weighted by Gasteiger charge is -2.04. The number of sulfonamides is 1.